The zero-order valence-corrected chi connectivity index (χ0v) is 21.3. The van der Waals surface area contributed by atoms with Gasteiger partial charge in [0.1, 0.15) is 5.58 Å². The zero-order valence-electron chi connectivity index (χ0n) is 21.3. The summed E-state index contributed by atoms with van der Waals surface area (Å²) in [6, 6.07) is 10.3. The maximum atomic E-state index is 13.5. The smallest absolute Gasteiger partial charge is 0.478 e. The molecule has 1 aromatic heterocycles. The fraction of sp³-hybridized carbons (Fsp3) is 0.357. The van der Waals surface area contributed by atoms with E-state index in [4.69, 9.17) is 9.07 Å². The topological polar surface area (TPSA) is 112 Å². The number of anilines is 2. The molecule has 0 radical (unpaired) electrons. The number of para-hydroxylation sites is 1. The normalized spacial score (nSPS) is 17.2. The molecule has 0 aliphatic carbocycles. The summed E-state index contributed by atoms with van der Waals surface area (Å²) in [7, 11) is -0.811. The van der Waals surface area contributed by atoms with Crippen LogP contribution in [-0.2, 0) is 4.65 Å². The lowest BCUT2D eigenvalue weighted by Gasteiger charge is -2.33. The number of aryl methyl sites for hydroxylation is 1. The van der Waals surface area contributed by atoms with E-state index in [1.807, 2.05) is 32.9 Å². The minimum absolute atomic E-state index is 0.0588. The number of hydrogen-bond donors (Lipinski definition) is 3. The van der Waals surface area contributed by atoms with E-state index in [0.717, 1.165) is 42.6 Å². The summed E-state index contributed by atoms with van der Waals surface area (Å²) in [6.07, 6.45) is 1.77. The van der Waals surface area contributed by atoms with E-state index in [-0.39, 0.29) is 17.0 Å². The number of hydrogen-bond acceptors (Lipinski definition) is 7. The van der Waals surface area contributed by atoms with Gasteiger partial charge in [0.25, 0.3) is 0 Å². The zero-order chi connectivity index (χ0) is 26.3. The number of carbonyl (C=O) groups is 1. The van der Waals surface area contributed by atoms with Crippen LogP contribution >= 0.6 is 0 Å². The van der Waals surface area contributed by atoms with E-state index >= 15 is 0 Å². The highest BCUT2D eigenvalue weighted by Gasteiger charge is 2.30. The highest BCUT2D eigenvalue weighted by Crippen LogP contribution is 2.35. The molecule has 37 heavy (non-hydrogen) atoms. The average Bonchev–Trinajstić information content (AvgIpc) is 3.32. The Morgan fingerprint density at radius 3 is 2.59 bits per heavy atom. The quantitative estimate of drug-likeness (QED) is 0.424. The van der Waals surface area contributed by atoms with E-state index in [2.05, 4.69) is 10.2 Å². The highest BCUT2D eigenvalue weighted by atomic mass is 16.5. The van der Waals surface area contributed by atoms with Gasteiger partial charge in [-0.05, 0) is 63.3 Å². The molecule has 0 bridgehead atoms. The summed E-state index contributed by atoms with van der Waals surface area (Å²) in [5, 5.41) is 23.1. The minimum atomic E-state index is -1.01. The van der Waals surface area contributed by atoms with Gasteiger partial charge in [0.05, 0.1) is 29.2 Å². The van der Waals surface area contributed by atoms with Crippen LogP contribution in [0.1, 0.15) is 52.9 Å². The molecular formula is C28H31BN2O6. The fourth-order valence-corrected chi connectivity index (χ4v) is 5.45. The van der Waals surface area contributed by atoms with Crippen molar-refractivity contribution in [3.05, 3.63) is 80.4 Å². The number of aromatic carboxylic acids is 1. The largest absolute Gasteiger partial charge is 0.483 e. The lowest BCUT2D eigenvalue weighted by Crippen LogP contribution is -2.35. The van der Waals surface area contributed by atoms with Gasteiger partial charge in [-0.1, -0.05) is 29.7 Å². The Hall–Kier alpha value is -3.56. The molecule has 8 nitrogen and oxygen atoms in total. The van der Waals surface area contributed by atoms with Gasteiger partial charge >= 0.3 is 13.1 Å². The second-order valence-corrected chi connectivity index (χ2v) is 10.0. The molecule has 2 aliphatic heterocycles. The van der Waals surface area contributed by atoms with Crippen LogP contribution in [0.15, 0.2) is 57.2 Å². The Morgan fingerprint density at radius 1 is 1.19 bits per heavy atom. The number of rotatable bonds is 6. The van der Waals surface area contributed by atoms with Crippen molar-refractivity contribution in [2.24, 2.45) is 5.92 Å². The predicted molar refractivity (Wildman–Crippen MR) is 144 cm³/mol. The van der Waals surface area contributed by atoms with Crippen LogP contribution in [0.2, 0.25) is 0 Å². The Bertz CT molecular complexity index is 1440. The first kappa shape index (κ1) is 25.1. The van der Waals surface area contributed by atoms with Crippen molar-refractivity contribution in [2.75, 3.05) is 29.9 Å². The lowest BCUT2D eigenvalue weighted by atomic mass is 9.83. The third-order valence-corrected chi connectivity index (χ3v) is 7.45. The Balaban J connectivity index is 1.48. The van der Waals surface area contributed by atoms with Crippen LogP contribution in [-0.4, -0.2) is 42.9 Å². The summed E-state index contributed by atoms with van der Waals surface area (Å²) in [5.74, 6) is 1.72. The number of carboxylic acids is 1. The molecule has 3 N–H and O–H groups in total. The van der Waals surface area contributed by atoms with Crippen LogP contribution in [0.3, 0.4) is 0 Å². The molecule has 3 aromatic rings. The second-order valence-electron chi connectivity index (χ2n) is 10.0. The number of fused-ring (bicyclic) bond motifs is 1. The van der Waals surface area contributed by atoms with Crippen molar-refractivity contribution in [1.82, 2.24) is 0 Å². The van der Waals surface area contributed by atoms with E-state index < -0.39 is 13.1 Å². The molecule has 1 atom stereocenters. The van der Waals surface area contributed by atoms with Gasteiger partial charge in [-0.25, -0.2) is 4.79 Å². The number of nitrogens with zero attached hydrogens (tertiary/aromatic N) is 1. The van der Waals surface area contributed by atoms with Gasteiger partial charge in [-0.2, -0.15) is 0 Å². The van der Waals surface area contributed by atoms with Crippen molar-refractivity contribution in [3.8, 4) is 0 Å². The molecular weight excluding hydrogens is 471 g/mol. The molecule has 9 heteroatoms. The van der Waals surface area contributed by atoms with Crippen LogP contribution in [0, 0.1) is 19.8 Å². The van der Waals surface area contributed by atoms with Crippen molar-refractivity contribution in [1.29, 1.82) is 0 Å². The molecule has 0 spiro atoms. The standard InChI is InChI=1S/C28H31BN2O6/c1-16-12-22(18(3)30-24-7-5-4-6-21(24)28(33)34)26-23(13-16)25(32)17(2)27(37-26)31-10-8-19(9-11-31)20-14-29(35)36-15-20/h4-7,12-14,18-19,30,35H,8-11,15H2,1-3H3,(H,33,34)/t18-/m1/s1. The van der Waals surface area contributed by atoms with Gasteiger partial charge < -0.3 is 29.4 Å². The van der Waals surface area contributed by atoms with Crippen LogP contribution in [0.25, 0.3) is 11.0 Å². The summed E-state index contributed by atoms with van der Waals surface area (Å²) in [6.45, 7) is 7.61. The monoisotopic (exact) mass is 502 g/mol. The number of nitrogens with one attached hydrogen (secondary N) is 1. The minimum Gasteiger partial charge on any atom is -0.478 e. The lowest BCUT2D eigenvalue weighted by molar-refractivity contribution is 0.0698. The maximum Gasteiger partial charge on any atom is 0.483 e. The molecule has 1 fully saturated rings. The molecule has 2 aromatic carbocycles. The summed E-state index contributed by atoms with van der Waals surface area (Å²) in [5.41, 5.74) is 4.59. The van der Waals surface area contributed by atoms with E-state index in [9.17, 15) is 19.7 Å². The maximum absolute atomic E-state index is 13.5. The van der Waals surface area contributed by atoms with Crippen LogP contribution in [0.5, 0.6) is 0 Å². The summed E-state index contributed by atoms with van der Waals surface area (Å²) in [4.78, 5) is 27.3. The fourth-order valence-electron chi connectivity index (χ4n) is 5.45. The molecule has 0 amide bonds. The number of carboxylic acid groups (broad SMARTS) is 1. The molecule has 0 saturated carbocycles. The second kappa shape index (κ2) is 10.1. The Kier molecular flexibility index (Phi) is 6.83. The summed E-state index contributed by atoms with van der Waals surface area (Å²) >= 11 is 0. The van der Waals surface area contributed by atoms with Crippen LogP contribution < -0.4 is 15.6 Å². The Labute approximate surface area is 215 Å². The van der Waals surface area contributed by atoms with Crippen molar-refractivity contribution in [2.45, 2.75) is 39.7 Å². The van der Waals surface area contributed by atoms with Gasteiger partial charge in [-0.15, -0.1) is 0 Å². The average molecular weight is 502 g/mol. The first-order valence-electron chi connectivity index (χ1n) is 12.6. The third kappa shape index (κ3) is 4.89. The SMILES string of the molecule is Cc1cc([C@@H](C)Nc2ccccc2C(=O)O)c2oc(N3CCC(C4=CB(O)OC4)CC3)c(C)c(=O)c2c1. The molecule has 0 unspecified atom stereocenters. The van der Waals surface area contributed by atoms with E-state index in [1.165, 1.54) is 0 Å². The van der Waals surface area contributed by atoms with Gasteiger partial charge in [0, 0.05) is 24.3 Å². The van der Waals surface area contributed by atoms with E-state index in [1.54, 1.807) is 30.2 Å². The number of benzene rings is 2. The first-order valence-corrected chi connectivity index (χ1v) is 12.6. The van der Waals surface area contributed by atoms with Gasteiger partial charge in [0.2, 0.25) is 5.88 Å². The number of piperidine rings is 1. The molecule has 1 saturated heterocycles. The van der Waals surface area contributed by atoms with E-state index in [0.29, 0.717) is 40.6 Å². The molecule has 5 rings (SSSR count). The van der Waals surface area contributed by atoms with Gasteiger partial charge in [-0.3, -0.25) is 4.79 Å². The Morgan fingerprint density at radius 2 is 1.92 bits per heavy atom. The molecule has 3 heterocycles. The third-order valence-electron chi connectivity index (χ3n) is 7.45. The predicted octanol–water partition coefficient (Wildman–Crippen LogP) is 4.47. The van der Waals surface area contributed by atoms with Crippen molar-refractivity contribution >= 4 is 35.6 Å². The highest BCUT2D eigenvalue weighted by molar-refractivity contribution is 6.50. The molecule has 192 valence electrons. The van der Waals surface area contributed by atoms with Crippen molar-refractivity contribution in [3.63, 3.8) is 0 Å². The van der Waals surface area contributed by atoms with Crippen molar-refractivity contribution < 1.29 is 24.0 Å². The van der Waals surface area contributed by atoms with Gasteiger partial charge in [0.15, 0.2) is 5.43 Å². The first-order chi connectivity index (χ1) is 17.7. The summed E-state index contributed by atoms with van der Waals surface area (Å²) < 4.78 is 11.8. The molecule has 2 aliphatic rings. The van der Waals surface area contributed by atoms with Crippen LogP contribution in [0.4, 0.5) is 11.6 Å².